The molecule has 0 aromatic rings. The van der Waals surface area contributed by atoms with Crippen molar-refractivity contribution < 1.29 is 0 Å². The summed E-state index contributed by atoms with van der Waals surface area (Å²) < 4.78 is 0. The molecular formula is C10H18N. The average molecular weight is 152 g/mol. The number of hydrogen-bond acceptors (Lipinski definition) is 1. The molecule has 2 aliphatic carbocycles. The lowest BCUT2D eigenvalue weighted by atomic mass is 10.3. The van der Waals surface area contributed by atoms with Crippen molar-refractivity contribution in [1.82, 2.24) is 4.90 Å². The van der Waals surface area contributed by atoms with Crippen LogP contribution in [0.25, 0.3) is 0 Å². The minimum atomic E-state index is 0.953. The van der Waals surface area contributed by atoms with E-state index in [1.54, 1.807) is 0 Å². The van der Waals surface area contributed by atoms with Crippen molar-refractivity contribution in [2.24, 2.45) is 0 Å². The quantitative estimate of drug-likeness (QED) is 0.585. The molecule has 0 atom stereocenters. The molecule has 0 N–H and O–H groups in total. The third-order valence-electron chi connectivity index (χ3n) is 2.57. The van der Waals surface area contributed by atoms with E-state index in [4.69, 9.17) is 0 Å². The summed E-state index contributed by atoms with van der Waals surface area (Å²) in [5.74, 6) is 0. The van der Waals surface area contributed by atoms with Crippen LogP contribution in [-0.4, -0.2) is 17.0 Å². The molecule has 0 unspecified atom stereocenters. The Morgan fingerprint density at radius 2 is 1.73 bits per heavy atom. The monoisotopic (exact) mass is 152 g/mol. The first-order chi connectivity index (χ1) is 5.42. The number of nitrogens with zero attached hydrogens (tertiary/aromatic N) is 1. The molecule has 0 saturated heterocycles. The van der Waals surface area contributed by atoms with Gasteiger partial charge in [-0.05, 0) is 32.1 Å². The fraction of sp³-hybridized carbons (Fsp3) is 0.900. The Morgan fingerprint density at radius 1 is 1.18 bits per heavy atom. The molecule has 0 aliphatic heterocycles. The Hall–Kier alpha value is -0.0400. The van der Waals surface area contributed by atoms with Gasteiger partial charge in [-0.3, -0.25) is 4.90 Å². The molecular weight excluding hydrogens is 134 g/mol. The summed E-state index contributed by atoms with van der Waals surface area (Å²) in [5, 5.41) is 0. The lowest BCUT2D eigenvalue weighted by Crippen LogP contribution is -2.25. The first-order valence-electron chi connectivity index (χ1n) is 5.02. The van der Waals surface area contributed by atoms with Gasteiger partial charge in [-0.2, -0.15) is 0 Å². The smallest absolute Gasteiger partial charge is 0.0257 e. The van der Waals surface area contributed by atoms with E-state index in [0.717, 1.165) is 12.1 Å². The minimum absolute atomic E-state index is 0.953. The van der Waals surface area contributed by atoms with Gasteiger partial charge in [0.15, 0.2) is 0 Å². The van der Waals surface area contributed by atoms with Gasteiger partial charge in [-0.15, -0.1) is 0 Å². The Balaban J connectivity index is 1.73. The van der Waals surface area contributed by atoms with Crippen molar-refractivity contribution in [2.45, 2.75) is 57.5 Å². The van der Waals surface area contributed by atoms with Gasteiger partial charge in [-0.25, -0.2) is 0 Å². The van der Waals surface area contributed by atoms with E-state index >= 15 is 0 Å². The van der Waals surface area contributed by atoms with Crippen molar-refractivity contribution >= 4 is 0 Å². The molecule has 0 aromatic heterocycles. The Labute approximate surface area is 69.8 Å². The van der Waals surface area contributed by atoms with E-state index in [9.17, 15) is 0 Å². The van der Waals surface area contributed by atoms with Crippen LogP contribution in [0.15, 0.2) is 0 Å². The highest BCUT2D eigenvalue weighted by molar-refractivity contribution is 4.97. The molecule has 0 spiro atoms. The topological polar surface area (TPSA) is 3.24 Å². The van der Waals surface area contributed by atoms with E-state index in [1.165, 1.54) is 38.5 Å². The molecule has 0 amide bonds. The molecule has 2 aliphatic rings. The lowest BCUT2D eigenvalue weighted by Gasteiger charge is -2.20. The zero-order valence-corrected chi connectivity index (χ0v) is 7.42. The maximum absolute atomic E-state index is 2.64. The van der Waals surface area contributed by atoms with Gasteiger partial charge < -0.3 is 0 Å². The second-order valence-corrected chi connectivity index (χ2v) is 3.88. The fourth-order valence-electron chi connectivity index (χ4n) is 1.62. The summed E-state index contributed by atoms with van der Waals surface area (Å²) in [6.45, 7) is 4.71. The molecule has 1 nitrogen and oxygen atoms in total. The third kappa shape index (κ3) is 1.96. The van der Waals surface area contributed by atoms with E-state index < -0.39 is 0 Å². The van der Waals surface area contributed by atoms with Crippen LogP contribution >= 0.6 is 0 Å². The van der Waals surface area contributed by atoms with Crippen LogP contribution in [0.3, 0.4) is 0 Å². The van der Waals surface area contributed by atoms with E-state index in [1.807, 2.05) is 0 Å². The van der Waals surface area contributed by atoms with Crippen molar-refractivity contribution in [3.63, 3.8) is 0 Å². The number of hydrogen-bond donors (Lipinski definition) is 0. The van der Waals surface area contributed by atoms with Gasteiger partial charge in [0.25, 0.3) is 0 Å². The molecule has 11 heavy (non-hydrogen) atoms. The molecule has 63 valence electrons. The highest BCUT2D eigenvalue weighted by Gasteiger charge is 2.38. The normalized spacial score (nSPS) is 24.5. The summed E-state index contributed by atoms with van der Waals surface area (Å²) in [5.41, 5.74) is 0. The zero-order chi connectivity index (χ0) is 7.68. The molecule has 0 heterocycles. The number of unbranched alkanes of at least 4 members (excludes halogenated alkanes) is 1. The van der Waals surface area contributed by atoms with Crippen LogP contribution in [0.5, 0.6) is 0 Å². The third-order valence-corrected chi connectivity index (χ3v) is 2.57. The summed E-state index contributed by atoms with van der Waals surface area (Å²) in [6.07, 6.45) is 8.41. The predicted molar refractivity (Wildman–Crippen MR) is 47.1 cm³/mol. The Bertz CT molecular complexity index is 113. The van der Waals surface area contributed by atoms with E-state index in [2.05, 4.69) is 18.4 Å². The second kappa shape index (κ2) is 3.14. The van der Waals surface area contributed by atoms with Gasteiger partial charge in [0.05, 0.1) is 0 Å². The summed E-state index contributed by atoms with van der Waals surface area (Å²) in [7, 11) is 0. The standard InChI is InChI=1S/C10H18N/c1-2-3-8-11(9-4-5-9)10-6-7-10/h8-10H,2-7H2,1H3. The fourth-order valence-corrected chi connectivity index (χ4v) is 1.62. The van der Waals surface area contributed by atoms with Crippen molar-refractivity contribution in [3.05, 3.63) is 6.54 Å². The summed E-state index contributed by atoms with van der Waals surface area (Å²) >= 11 is 0. The van der Waals surface area contributed by atoms with E-state index in [0.29, 0.717) is 0 Å². The van der Waals surface area contributed by atoms with Gasteiger partial charge >= 0.3 is 0 Å². The number of rotatable bonds is 5. The predicted octanol–water partition coefficient (Wildman–Crippen LogP) is 2.58. The van der Waals surface area contributed by atoms with Gasteiger partial charge in [0.1, 0.15) is 0 Å². The van der Waals surface area contributed by atoms with Crippen molar-refractivity contribution in [1.29, 1.82) is 0 Å². The highest BCUT2D eigenvalue weighted by Crippen LogP contribution is 2.38. The van der Waals surface area contributed by atoms with Crippen LogP contribution in [0.4, 0.5) is 0 Å². The first kappa shape index (κ1) is 7.60. The summed E-state index contributed by atoms with van der Waals surface area (Å²) in [4.78, 5) is 2.64. The lowest BCUT2D eigenvalue weighted by molar-refractivity contribution is 0.302. The maximum Gasteiger partial charge on any atom is 0.0257 e. The molecule has 0 aromatic carbocycles. The van der Waals surface area contributed by atoms with Crippen molar-refractivity contribution in [2.75, 3.05) is 0 Å². The zero-order valence-electron chi connectivity index (χ0n) is 7.42. The van der Waals surface area contributed by atoms with Crippen LogP contribution in [0, 0.1) is 6.54 Å². The van der Waals surface area contributed by atoms with Gasteiger partial charge in [0, 0.05) is 18.6 Å². The SMILES string of the molecule is CCC[CH]N(C1CC1)C1CC1. The molecule has 1 radical (unpaired) electrons. The van der Waals surface area contributed by atoms with Crippen LogP contribution in [0.2, 0.25) is 0 Å². The minimum Gasteiger partial charge on any atom is -0.293 e. The Morgan fingerprint density at radius 3 is 2.09 bits per heavy atom. The van der Waals surface area contributed by atoms with Crippen LogP contribution < -0.4 is 0 Å². The van der Waals surface area contributed by atoms with Crippen LogP contribution in [-0.2, 0) is 0 Å². The Kier molecular flexibility index (Phi) is 2.17. The first-order valence-corrected chi connectivity index (χ1v) is 5.02. The molecule has 2 fully saturated rings. The molecule has 1 heteroatoms. The van der Waals surface area contributed by atoms with Crippen LogP contribution in [0.1, 0.15) is 45.4 Å². The summed E-state index contributed by atoms with van der Waals surface area (Å²) in [6, 6.07) is 1.91. The second-order valence-electron chi connectivity index (χ2n) is 3.88. The van der Waals surface area contributed by atoms with E-state index in [-0.39, 0.29) is 0 Å². The molecule has 0 bridgehead atoms. The molecule has 2 rings (SSSR count). The molecule has 2 saturated carbocycles. The largest absolute Gasteiger partial charge is 0.293 e. The average Bonchev–Trinajstić information content (AvgIpc) is 2.85. The maximum atomic E-state index is 2.64. The highest BCUT2D eigenvalue weighted by atomic mass is 15.2. The van der Waals surface area contributed by atoms with Gasteiger partial charge in [-0.1, -0.05) is 13.3 Å². The van der Waals surface area contributed by atoms with Crippen molar-refractivity contribution in [3.8, 4) is 0 Å². The van der Waals surface area contributed by atoms with Gasteiger partial charge in [0.2, 0.25) is 0 Å².